The molecule has 0 saturated heterocycles. The third-order valence-electron chi connectivity index (χ3n) is 5.55. The normalized spacial score (nSPS) is 20.7. The molecule has 0 spiro atoms. The fourth-order valence-electron chi connectivity index (χ4n) is 3.95. The number of rotatable bonds is 3. The van der Waals surface area contributed by atoms with Gasteiger partial charge in [-0.05, 0) is 36.1 Å². The van der Waals surface area contributed by atoms with Crippen LogP contribution in [-0.2, 0) is 0 Å². The third-order valence-corrected chi connectivity index (χ3v) is 5.55. The van der Waals surface area contributed by atoms with Crippen LogP contribution in [0.2, 0.25) is 0 Å². The van der Waals surface area contributed by atoms with Crippen molar-refractivity contribution in [1.82, 2.24) is 9.80 Å². The topological polar surface area (TPSA) is 18.8 Å². The summed E-state index contributed by atoms with van der Waals surface area (Å²) in [6, 6.07) is 19.5. The van der Waals surface area contributed by atoms with Gasteiger partial charge < -0.3 is 9.80 Å². The monoisotopic (exact) mass is 369 g/mol. The van der Waals surface area contributed by atoms with E-state index in [9.17, 15) is 0 Å². The van der Waals surface area contributed by atoms with Crippen molar-refractivity contribution in [2.24, 2.45) is 4.99 Å². The SMILES string of the molecule is CN(/C(=N\c1ccccc1)N(C)C1CC=Cc2ccccc21)C1C=CC=CC1. The molecular weight excluding hydrogens is 342 g/mol. The lowest BCUT2D eigenvalue weighted by Crippen LogP contribution is -2.46. The molecule has 0 amide bonds. The van der Waals surface area contributed by atoms with Crippen LogP contribution in [0.25, 0.3) is 6.08 Å². The first-order valence-electron chi connectivity index (χ1n) is 9.92. The van der Waals surface area contributed by atoms with E-state index in [1.165, 1.54) is 11.1 Å². The van der Waals surface area contributed by atoms with Gasteiger partial charge in [-0.1, -0.05) is 78.9 Å². The Hall–Kier alpha value is -3.07. The minimum atomic E-state index is 0.272. The first kappa shape index (κ1) is 18.3. The number of hydrogen-bond acceptors (Lipinski definition) is 1. The zero-order valence-corrected chi connectivity index (χ0v) is 16.6. The van der Waals surface area contributed by atoms with E-state index in [1.54, 1.807) is 0 Å². The van der Waals surface area contributed by atoms with Gasteiger partial charge in [-0.2, -0.15) is 0 Å². The van der Waals surface area contributed by atoms with Crippen LogP contribution in [-0.4, -0.2) is 35.9 Å². The average Bonchev–Trinajstić information content (AvgIpc) is 2.77. The number of allylic oxidation sites excluding steroid dienone is 2. The Morgan fingerprint density at radius 1 is 0.857 bits per heavy atom. The summed E-state index contributed by atoms with van der Waals surface area (Å²) < 4.78 is 0. The quantitative estimate of drug-likeness (QED) is 0.519. The van der Waals surface area contributed by atoms with Gasteiger partial charge in [0.05, 0.1) is 17.8 Å². The van der Waals surface area contributed by atoms with Crippen molar-refractivity contribution in [3.05, 3.63) is 96.1 Å². The van der Waals surface area contributed by atoms with Crippen LogP contribution < -0.4 is 0 Å². The minimum absolute atomic E-state index is 0.272. The summed E-state index contributed by atoms with van der Waals surface area (Å²) in [7, 11) is 4.32. The molecule has 28 heavy (non-hydrogen) atoms. The smallest absolute Gasteiger partial charge is 0.202 e. The van der Waals surface area contributed by atoms with Gasteiger partial charge in [0.25, 0.3) is 0 Å². The van der Waals surface area contributed by atoms with Crippen LogP contribution in [0.3, 0.4) is 0 Å². The van der Waals surface area contributed by atoms with Gasteiger partial charge in [0.15, 0.2) is 0 Å². The summed E-state index contributed by atoms with van der Waals surface area (Å²) in [5.74, 6) is 0.992. The van der Waals surface area contributed by atoms with Crippen molar-refractivity contribution >= 4 is 17.7 Å². The van der Waals surface area contributed by atoms with Crippen molar-refractivity contribution in [2.45, 2.75) is 24.9 Å². The van der Waals surface area contributed by atoms with Gasteiger partial charge in [0.1, 0.15) is 0 Å². The van der Waals surface area contributed by atoms with E-state index in [4.69, 9.17) is 4.99 Å². The predicted molar refractivity (Wildman–Crippen MR) is 119 cm³/mol. The number of aliphatic imine (C=N–C) groups is 1. The lowest BCUT2D eigenvalue weighted by atomic mass is 9.92. The van der Waals surface area contributed by atoms with E-state index in [0.29, 0.717) is 6.04 Å². The van der Waals surface area contributed by atoms with Crippen LogP contribution >= 0.6 is 0 Å². The Labute approximate surface area is 168 Å². The molecule has 0 fully saturated rings. The fraction of sp³-hybridized carbons (Fsp3) is 0.240. The Kier molecular flexibility index (Phi) is 5.43. The number of benzene rings is 2. The van der Waals surface area contributed by atoms with E-state index in [1.807, 2.05) is 18.2 Å². The van der Waals surface area contributed by atoms with E-state index in [2.05, 4.69) is 96.7 Å². The van der Waals surface area contributed by atoms with Gasteiger partial charge in [0.2, 0.25) is 5.96 Å². The van der Waals surface area contributed by atoms with Gasteiger partial charge in [-0.3, -0.25) is 0 Å². The Morgan fingerprint density at radius 3 is 2.43 bits per heavy atom. The zero-order valence-electron chi connectivity index (χ0n) is 16.6. The molecule has 0 heterocycles. The first-order chi connectivity index (χ1) is 13.7. The summed E-state index contributed by atoms with van der Waals surface area (Å²) in [4.78, 5) is 9.70. The molecular formula is C25H27N3. The van der Waals surface area contributed by atoms with E-state index in [-0.39, 0.29) is 6.04 Å². The second-order valence-corrected chi connectivity index (χ2v) is 7.37. The summed E-state index contributed by atoms with van der Waals surface area (Å²) in [5.41, 5.74) is 3.64. The fourth-order valence-corrected chi connectivity index (χ4v) is 3.95. The van der Waals surface area contributed by atoms with Crippen molar-refractivity contribution in [1.29, 1.82) is 0 Å². The number of para-hydroxylation sites is 1. The third kappa shape index (κ3) is 3.79. The van der Waals surface area contributed by atoms with Crippen LogP contribution in [0.5, 0.6) is 0 Å². The van der Waals surface area contributed by atoms with Crippen LogP contribution in [0.1, 0.15) is 30.0 Å². The standard InChI is InChI=1S/C25H27N3/c1-27(22-16-7-4-8-17-22)25(26-21-14-5-3-6-15-21)28(2)24-19-11-13-20-12-9-10-18-23(20)24/h3-16,18,22,24H,17,19H2,1-2H3/b26-25+. The molecule has 2 aromatic rings. The maximum atomic E-state index is 5.07. The lowest BCUT2D eigenvalue weighted by molar-refractivity contribution is 0.297. The van der Waals surface area contributed by atoms with Gasteiger partial charge in [-0.15, -0.1) is 0 Å². The minimum Gasteiger partial charge on any atom is -0.339 e. The maximum Gasteiger partial charge on any atom is 0.202 e. The Balaban J connectivity index is 1.71. The summed E-state index contributed by atoms with van der Waals surface area (Å²) in [6.45, 7) is 0. The number of fused-ring (bicyclic) bond motifs is 1. The van der Waals surface area contributed by atoms with Crippen LogP contribution in [0, 0.1) is 0 Å². The molecule has 2 aliphatic rings. The molecule has 3 nitrogen and oxygen atoms in total. The Bertz CT molecular complexity index is 924. The second kappa shape index (κ2) is 8.30. The van der Waals surface area contributed by atoms with Gasteiger partial charge in [0, 0.05) is 14.1 Å². The summed E-state index contributed by atoms with van der Waals surface area (Å²) >= 11 is 0. The molecule has 2 atom stereocenters. The molecule has 2 unspecified atom stereocenters. The Morgan fingerprint density at radius 2 is 1.64 bits per heavy atom. The molecule has 2 aromatic carbocycles. The molecule has 142 valence electrons. The molecule has 0 aromatic heterocycles. The van der Waals surface area contributed by atoms with Crippen LogP contribution in [0.4, 0.5) is 5.69 Å². The largest absolute Gasteiger partial charge is 0.339 e. The molecule has 0 saturated carbocycles. The van der Waals surface area contributed by atoms with E-state index < -0.39 is 0 Å². The molecule has 0 bridgehead atoms. The van der Waals surface area contributed by atoms with Gasteiger partial charge >= 0.3 is 0 Å². The number of hydrogen-bond donors (Lipinski definition) is 0. The van der Waals surface area contributed by atoms with Gasteiger partial charge in [-0.25, -0.2) is 4.99 Å². The lowest BCUT2D eigenvalue weighted by Gasteiger charge is -2.39. The molecule has 2 aliphatic carbocycles. The summed E-state index contributed by atoms with van der Waals surface area (Å²) in [5, 5.41) is 0. The highest BCUT2D eigenvalue weighted by atomic mass is 15.4. The van der Waals surface area contributed by atoms with Crippen molar-refractivity contribution in [2.75, 3.05) is 14.1 Å². The van der Waals surface area contributed by atoms with E-state index >= 15 is 0 Å². The van der Waals surface area contributed by atoms with E-state index in [0.717, 1.165) is 24.5 Å². The highest BCUT2D eigenvalue weighted by molar-refractivity contribution is 5.84. The molecule has 3 heteroatoms. The van der Waals surface area contributed by atoms with Crippen molar-refractivity contribution in [3.8, 4) is 0 Å². The molecule has 0 aliphatic heterocycles. The molecule has 0 N–H and O–H groups in total. The number of nitrogens with zero attached hydrogens (tertiary/aromatic N) is 3. The van der Waals surface area contributed by atoms with Crippen molar-refractivity contribution in [3.63, 3.8) is 0 Å². The molecule has 4 rings (SSSR count). The first-order valence-corrected chi connectivity index (χ1v) is 9.92. The predicted octanol–water partition coefficient (Wildman–Crippen LogP) is 5.58. The highest BCUT2D eigenvalue weighted by Crippen LogP contribution is 2.33. The molecule has 0 radical (unpaired) electrons. The van der Waals surface area contributed by atoms with Crippen molar-refractivity contribution < 1.29 is 0 Å². The highest BCUT2D eigenvalue weighted by Gasteiger charge is 2.27. The summed E-state index contributed by atoms with van der Waals surface area (Å²) in [6.07, 6.45) is 15.2. The van der Waals surface area contributed by atoms with Crippen LogP contribution in [0.15, 0.2) is 90.0 Å². The maximum absolute atomic E-state index is 5.07. The average molecular weight is 370 g/mol. The second-order valence-electron chi connectivity index (χ2n) is 7.37. The number of guanidine groups is 1. The zero-order chi connectivity index (χ0) is 19.3. The number of likely N-dealkylation sites (N-methyl/N-ethyl adjacent to an activating group) is 1.